The fourth-order valence-corrected chi connectivity index (χ4v) is 1.70. The molecule has 0 radical (unpaired) electrons. The van der Waals surface area contributed by atoms with Gasteiger partial charge in [-0.05, 0) is 13.0 Å². The van der Waals surface area contributed by atoms with Gasteiger partial charge in [-0.25, -0.2) is 4.39 Å². The molecule has 2 heterocycles. The Balaban J connectivity index is 1.96. The molecule has 0 aromatic rings. The normalized spacial score (nSPS) is 47.1. The molecule has 2 atom stereocenters. The minimum atomic E-state index is -0.749. The topological polar surface area (TPSA) is 21.3 Å². The Morgan fingerprint density at radius 2 is 2.40 bits per heavy atom. The number of alkyl halides is 1. The van der Waals surface area contributed by atoms with Crippen LogP contribution in [0.5, 0.6) is 0 Å². The van der Waals surface area contributed by atoms with E-state index in [2.05, 4.69) is 5.32 Å². The van der Waals surface area contributed by atoms with Crippen molar-refractivity contribution in [2.24, 2.45) is 0 Å². The first-order valence-electron chi connectivity index (χ1n) is 3.78. The summed E-state index contributed by atoms with van der Waals surface area (Å²) in [5.74, 6) is 0. The van der Waals surface area contributed by atoms with Gasteiger partial charge in [0, 0.05) is 12.0 Å². The molecule has 0 saturated carbocycles. The van der Waals surface area contributed by atoms with Gasteiger partial charge in [-0.3, -0.25) is 0 Å². The molecule has 3 heteroatoms. The third-order valence-corrected chi connectivity index (χ3v) is 2.39. The third-order valence-electron chi connectivity index (χ3n) is 2.39. The zero-order valence-corrected chi connectivity index (χ0v) is 5.90. The summed E-state index contributed by atoms with van der Waals surface area (Å²) in [6, 6.07) is 0. The molecule has 10 heavy (non-hydrogen) atoms. The average Bonchev–Trinajstić information content (AvgIpc) is 1.85. The van der Waals surface area contributed by atoms with Crippen molar-refractivity contribution in [3.8, 4) is 0 Å². The Kier molecular flexibility index (Phi) is 1.42. The van der Waals surface area contributed by atoms with Crippen LogP contribution in [0.3, 0.4) is 0 Å². The molecule has 2 rings (SSSR count). The second-order valence-corrected chi connectivity index (χ2v) is 3.27. The summed E-state index contributed by atoms with van der Waals surface area (Å²) in [5.41, 5.74) is 0.0255. The first-order valence-corrected chi connectivity index (χ1v) is 3.78. The van der Waals surface area contributed by atoms with Crippen LogP contribution in [0.15, 0.2) is 0 Å². The Morgan fingerprint density at radius 1 is 1.60 bits per heavy atom. The van der Waals surface area contributed by atoms with Crippen LogP contribution in [0, 0.1) is 0 Å². The van der Waals surface area contributed by atoms with E-state index in [4.69, 9.17) is 4.74 Å². The van der Waals surface area contributed by atoms with Crippen molar-refractivity contribution in [1.82, 2.24) is 5.32 Å². The van der Waals surface area contributed by atoms with Crippen LogP contribution in [0.2, 0.25) is 0 Å². The van der Waals surface area contributed by atoms with Gasteiger partial charge in [-0.1, -0.05) is 0 Å². The Bertz CT molecular complexity index is 136. The standard InChI is InChI=1S/C7H12FNO/c8-6-3-7(1-2-9-7)5-10-4-6/h6,9H,1-5H2. The maximum atomic E-state index is 12.7. The first-order chi connectivity index (χ1) is 4.81. The number of hydrogen-bond acceptors (Lipinski definition) is 2. The highest BCUT2D eigenvalue weighted by Gasteiger charge is 2.41. The van der Waals surface area contributed by atoms with E-state index in [0.717, 1.165) is 13.0 Å². The molecule has 0 amide bonds. The fourth-order valence-electron chi connectivity index (χ4n) is 1.70. The molecule has 2 aliphatic heterocycles. The quantitative estimate of drug-likeness (QED) is 0.535. The van der Waals surface area contributed by atoms with E-state index in [-0.39, 0.29) is 5.54 Å². The molecule has 1 N–H and O–H groups in total. The predicted molar refractivity (Wildman–Crippen MR) is 35.7 cm³/mol. The highest BCUT2D eigenvalue weighted by Crippen LogP contribution is 2.29. The zero-order chi connectivity index (χ0) is 7.03. The zero-order valence-electron chi connectivity index (χ0n) is 5.90. The lowest BCUT2D eigenvalue weighted by molar-refractivity contribution is -0.0526. The van der Waals surface area contributed by atoms with Gasteiger partial charge in [0.15, 0.2) is 0 Å². The van der Waals surface area contributed by atoms with Crippen molar-refractivity contribution < 1.29 is 9.13 Å². The molecule has 0 aromatic carbocycles. The summed E-state index contributed by atoms with van der Waals surface area (Å²) in [6.45, 7) is 2.02. The highest BCUT2D eigenvalue weighted by molar-refractivity contribution is 5.00. The smallest absolute Gasteiger partial charge is 0.125 e. The molecular weight excluding hydrogens is 133 g/mol. The van der Waals surface area contributed by atoms with Gasteiger partial charge < -0.3 is 10.1 Å². The summed E-state index contributed by atoms with van der Waals surface area (Å²) in [4.78, 5) is 0. The fraction of sp³-hybridized carbons (Fsp3) is 1.00. The molecule has 2 unspecified atom stereocenters. The molecule has 2 aliphatic rings. The highest BCUT2D eigenvalue weighted by atomic mass is 19.1. The van der Waals surface area contributed by atoms with Crippen LogP contribution in [-0.2, 0) is 4.74 Å². The minimum Gasteiger partial charge on any atom is -0.377 e. The number of hydrogen-bond donors (Lipinski definition) is 1. The molecule has 0 aliphatic carbocycles. The summed E-state index contributed by atoms with van der Waals surface area (Å²) >= 11 is 0. The average molecular weight is 145 g/mol. The van der Waals surface area contributed by atoms with E-state index >= 15 is 0 Å². The van der Waals surface area contributed by atoms with Crippen molar-refractivity contribution in [3.63, 3.8) is 0 Å². The van der Waals surface area contributed by atoms with Gasteiger partial charge in [0.2, 0.25) is 0 Å². The Morgan fingerprint density at radius 3 is 2.80 bits per heavy atom. The minimum absolute atomic E-state index is 0.0255. The van der Waals surface area contributed by atoms with Crippen molar-refractivity contribution in [3.05, 3.63) is 0 Å². The SMILES string of the molecule is FC1COCC2(CCN2)C1. The second kappa shape index (κ2) is 2.17. The van der Waals surface area contributed by atoms with Crippen molar-refractivity contribution in [2.75, 3.05) is 19.8 Å². The molecule has 0 bridgehead atoms. The lowest BCUT2D eigenvalue weighted by Crippen LogP contribution is -2.63. The van der Waals surface area contributed by atoms with E-state index in [1.54, 1.807) is 0 Å². The summed E-state index contributed by atoms with van der Waals surface area (Å²) < 4.78 is 17.8. The van der Waals surface area contributed by atoms with Gasteiger partial charge in [-0.2, -0.15) is 0 Å². The van der Waals surface area contributed by atoms with Crippen LogP contribution in [0.4, 0.5) is 4.39 Å². The number of halogens is 1. The van der Waals surface area contributed by atoms with E-state index in [0.29, 0.717) is 19.6 Å². The van der Waals surface area contributed by atoms with Crippen LogP contribution in [-0.4, -0.2) is 31.5 Å². The predicted octanol–water partition coefficient (Wildman–Crippen LogP) is 0.477. The number of ether oxygens (including phenoxy) is 1. The van der Waals surface area contributed by atoms with Crippen LogP contribution >= 0.6 is 0 Å². The van der Waals surface area contributed by atoms with E-state index in [1.165, 1.54) is 0 Å². The van der Waals surface area contributed by atoms with Crippen LogP contribution in [0.25, 0.3) is 0 Å². The van der Waals surface area contributed by atoms with Gasteiger partial charge >= 0.3 is 0 Å². The summed E-state index contributed by atoms with van der Waals surface area (Å²) in [7, 11) is 0. The molecular formula is C7H12FNO. The Hall–Kier alpha value is -0.150. The van der Waals surface area contributed by atoms with Crippen molar-refractivity contribution in [1.29, 1.82) is 0 Å². The third kappa shape index (κ3) is 0.935. The molecule has 0 aromatic heterocycles. The number of nitrogens with one attached hydrogen (secondary N) is 1. The maximum Gasteiger partial charge on any atom is 0.125 e. The summed E-state index contributed by atoms with van der Waals surface area (Å²) in [6.07, 6.45) is 0.974. The van der Waals surface area contributed by atoms with Gasteiger partial charge in [0.1, 0.15) is 6.17 Å². The molecule has 2 fully saturated rings. The van der Waals surface area contributed by atoms with Crippen LogP contribution < -0.4 is 5.32 Å². The lowest BCUT2D eigenvalue weighted by atomic mass is 9.82. The largest absolute Gasteiger partial charge is 0.377 e. The van der Waals surface area contributed by atoms with Gasteiger partial charge in [0.05, 0.1) is 13.2 Å². The van der Waals surface area contributed by atoms with E-state index in [1.807, 2.05) is 0 Å². The van der Waals surface area contributed by atoms with Crippen LogP contribution in [0.1, 0.15) is 12.8 Å². The summed E-state index contributed by atoms with van der Waals surface area (Å²) in [5, 5.41) is 3.23. The molecule has 1 spiro atoms. The second-order valence-electron chi connectivity index (χ2n) is 3.27. The molecule has 2 saturated heterocycles. The maximum absolute atomic E-state index is 12.7. The van der Waals surface area contributed by atoms with E-state index < -0.39 is 6.17 Å². The molecule has 2 nitrogen and oxygen atoms in total. The Labute approximate surface area is 59.7 Å². The van der Waals surface area contributed by atoms with Crippen molar-refractivity contribution >= 4 is 0 Å². The monoisotopic (exact) mass is 145 g/mol. The van der Waals surface area contributed by atoms with E-state index in [9.17, 15) is 4.39 Å². The van der Waals surface area contributed by atoms with Crippen molar-refractivity contribution in [2.45, 2.75) is 24.6 Å². The number of rotatable bonds is 0. The first kappa shape index (κ1) is 6.55. The van der Waals surface area contributed by atoms with Gasteiger partial charge in [0.25, 0.3) is 0 Å². The lowest BCUT2D eigenvalue weighted by Gasteiger charge is -2.46. The molecule has 58 valence electrons. The van der Waals surface area contributed by atoms with Gasteiger partial charge in [-0.15, -0.1) is 0 Å².